The zero-order valence-corrected chi connectivity index (χ0v) is 18.0. The van der Waals surface area contributed by atoms with Gasteiger partial charge in [-0.15, -0.1) is 0 Å². The Kier molecular flexibility index (Phi) is 5.26. The van der Waals surface area contributed by atoms with Crippen LogP contribution >= 0.6 is 0 Å². The number of rotatable bonds is 3. The maximum atomic E-state index is 14.9. The molecule has 0 spiro atoms. The molecule has 3 heterocycles. The summed E-state index contributed by atoms with van der Waals surface area (Å²) in [5.74, 6) is -4.60. The van der Waals surface area contributed by atoms with Crippen LogP contribution in [-0.2, 0) is 10.3 Å². The number of hydrogen-bond donors (Lipinski definition) is 1. The fourth-order valence-electron chi connectivity index (χ4n) is 3.67. The van der Waals surface area contributed by atoms with E-state index in [2.05, 4.69) is 4.98 Å². The highest BCUT2D eigenvalue weighted by Gasteiger charge is 2.52. The van der Waals surface area contributed by atoms with Crippen molar-refractivity contribution in [2.75, 3.05) is 25.0 Å². The number of aromatic carboxylic acids is 1. The number of fused-ring (bicyclic) bond motifs is 1. The summed E-state index contributed by atoms with van der Waals surface area (Å²) in [4.78, 5) is 41.8. The van der Waals surface area contributed by atoms with E-state index in [1.165, 1.54) is 16.4 Å². The second-order valence-corrected chi connectivity index (χ2v) is 9.10. The van der Waals surface area contributed by atoms with Gasteiger partial charge in [-0.05, 0) is 33.8 Å². The van der Waals surface area contributed by atoms with E-state index in [-0.39, 0.29) is 29.9 Å². The maximum absolute atomic E-state index is 14.9. The third kappa shape index (κ3) is 3.78. The lowest BCUT2D eigenvalue weighted by atomic mass is 9.90. The van der Waals surface area contributed by atoms with Crippen LogP contribution in [0.15, 0.2) is 17.1 Å². The molecule has 2 aromatic heterocycles. The van der Waals surface area contributed by atoms with E-state index in [4.69, 9.17) is 0 Å². The Morgan fingerprint density at radius 3 is 2.25 bits per heavy atom. The Morgan fingerprint density at radius 1 is 1.22 bits per heavy atom. The summed E-state index contributed by atoms with van der Waals surface area (Å²) in [6.45, 7) is 6.43. The molecule has 0 radical (unpaired) electrons. The summed E-state index contributed by atoms with van der Waals surface area (Å²) in [6, 6.07) is 0.884. The molecule has 8 nitrogen and oxygen atoms in total. The predicted octanol–water partition coefficient (Wildman–Crippen LogP) is 2.59. The van der Waals surface area contributed by atoms with Crippen molar-refractivity contribution < 1.29 is 32.3 Å². The van der Waals surface area contributed by atoms with Crippen LogP contribution in [0, 0.1) is 5.82 Å². The van der Waals surface area contributed by atoms with Crippen LogP contribution < -0.4 is 10.3 Å². The Labute approximate surface area is 180 Å². The number of carbonyl (C=O) groups excluding carboxylic acids is 1. The summed E-state index contributed by atoms with van der Waals surface area (Å²) in [5.41, 5.74) is -3.31. The molecule has 3 rings (SSSR count). The van der Waals surface area contributed by atoms with Crippen molar-refractivity contribution >= 4 is 28.7 Å². The van der Waals surface area contributed by atoms with Crippen molar-refractivity contribution in [1.29, 1.82) is 0 Å². The monoisotopic (exact) mass is 458 g/mol. The van der Waals surface area contributed by atoms with Crippen LogP contribution in [0.25, 0.3) is 11.0 Å². The number of carboxylic acid groups (broad SMARTS) is 1. The van der Waals surface area contributed by atoms with Crippen molar-refractivity contribution in [3.8, 4) is 0 Å². The molecule has 1 fully saturated rings. The molecule has 0 atom stereocenters. The van der Waals surface area contributed by atoms with Crippen molar-refractivity contribution in [2.24, 2.45) is 0 Å². The topological polar surface area (TPSA) is 95.7 Å². The first-order valence-electron chi connectivity index (χ1n) is 9.57. The van der Waals surface area contributed by atoms with Crippen LogP contribution in [0.5, 0.6) is 0 Å². The van der Waals surface area contributed by atoms with E-state index in [9.17, 15) is 37.1 Å². The SMILES string of the molecule is CN(C(=O)C(F)(F)F)C1(C)CN(c2nc3c(cc2F)c(=O)c(C(=O)O)cn3C(C)(C)C)C1. The lowest BCUT2D eigenvalue weighted by Crippen LogP contribution is -2.70. The minimum atomic E-state index is -5.03. The molecule has 2 aromatic rings. The smallest absolute Gasteiger partial charge is 0.471 e. The largest absolute Gasteiger partial charge is 0.477 e. The summed E-state index contributed by atoms with van der Waals surface area (Å²) >= 11 is 0. The van der Waals surface area contributed by atoms with Crippen LogP contribution in [0.4, 0.5) is 23.4 Å². The van der Waals surface area contributed by atoms with E-state index in [1.54, 1.807) is 20.8 Å². The quantitative estimate of drug-likeness (QED) is 0.711. The van der Waals surface area contributed by atoms with Crippen LogP contribution in [0.3, 0.4) is 0 Å². The van der Waals surface area contributed by atoms with Gasteiger partial charge in [0.1, 0.15) is 11.2 Å². The number of alkyl halides is 3. The van der Waals surface area contributed by atoms with E-state index in [1.807, 2.05) is 0 Å². The van der Waals surface area contributed by atoms with Crippen molar-refractivity contribution in [1.82, 2.24) is 14.5 Å². The van der Waals surface area contributed by atoms with Gasteiger partial charge < -0.3 is 19.5 Å². The third-order valence-electron chi connectivity index (χ3n) is 5.59. The molecule has 1 N–H and O–H groups in total. The number of amides is 1. The first-order chi connectivity index (χ1) is 14.5. The van der Waals surface area contributed by atoms with Gasteiger partial charge in [0.2, 0.25) is 5.43 Å². The molecule has 1 aliphatic heterocycles. The van der Waals surface area contributed by atoms with Gasteiger partial charge in [0.05, 0.1) is 10.9 Å². The zero-order valence-electron chi connectivity index (χ0n) is 18.0. The second-order valence-electron chi connectivity index (χ2n) is 9.10. The van der Waals surface area contributed by atoms with E-state index >= 15 is 0 Å². The standard InChI is InChI=1S/C20H22F4N4O4/c1-18(2,3)28-7-11(16(30)31)13(29)10-6-12(21)15(25-14(10)28)27-8-19(4,9-27)26(5)17(32)20(22,23)24/h6-7H,8-9H2,1-5H3,(H,30,31). The first kappa shape index (κ1) is 23.5. The molecular weight excluding hydrogens is 436 g/mol. The molecule has 1 saturated heterocycles. The van der Waals surface area contributed by atoms with E-state index < -0.39 is 45.9 Å². The molecule has 0 bridgehead atoms. The van der Waals surface area contributed by atoms with Crippen LogP contribution in [-0.4, -0.2) is 63.3 Å². The van der Waals surface area contributed by atoms with Gasteiger partial charge >= 0.3 is 18.1 Å². The van der Waals surface area contributed by atoms with E-state index in [0.717, 1.165) is 19.3 Å². The number of nitrogens with zero attached hydrogens (tertiary/aromatic N) is 4. The molecule has 0 aromatic carbocycles. The van der Waals surface area contributed by atoms with Crippen molar-refractivity contribution in [2.45, 2.75) is 44.9 Å². The highest BCUT2D eigenvalue weighted by Crippen LogP contribution is 2.35. The van der Waals surface area contributed by atoms with Crippen LogP contribution in [0.2, 0.25) is 0 Å². The lowest BCUT2D eigenvalue weighted by molar-refractivity contribution is -0.190. The fraction of sp³-hybridized carbons (Fsp3) is 0.500. The van der Waals surface area contributed by atoms with Crippen LogP contribution in [0.1, 0.15) is 38.1 Å². The summed E-state index contributed by atoms with van der Waals surface area (Å²) < 4.78 is 54.7. The summed E-state index contributed by atoms with van der Waals surface area (Å²) in [5, 5.41) is 9.11. The number of halogens is 4. The van der Waals surface area contributed by atoms with Gasteiger partial charge in [0.25, 0.3) is 0 Å². The molecule has 32 heavy (non-hydrogen) atoms. The Hall–Kier alpha value is -3.18. The molecule has 1 aliphatic rings. The number of likely N-dealkylation sites (N-methyl/N-ethyl adjacent to an activating group) is 1. The molecule has 0 unspecified atom stereocenters. The second kappa shape index (κ2) is 7.17. The Balaban J connectivity index is 2.06. The molecule has 12 heteroatoms. The molecule has 0 aliphatic carbocycles. The maximum Gasteiger partial charge on any atom is 0.471 e. The molecular formula is C20H22F4N4O4. The summed E-state index contributed by atoms with van der Waals surface area (Å²) in [6.07, 6.45) is -3.90. The Bertz CT molecular complexity index is 1180. The van der Waals surface area contributed by atoms with Gasteiger partial charge in [0, 0.05) is 31.9 Å². The third-order valence-corrected chi connectivity index (χ3v) is 5.59. The molecule has 1 amide bonds. The fourth-order valence-corrected chi connectivity index (χ4v) is 3.67. The van der Waals surface area contributed by atoms with E-state index in [0.29, 0.717) is 4.90 Å². The highest BCUT2D eigenvalue weighted by atomic mass is 19.4. The molecule has 0 saturated carbocycles. The number of aromatic nitrogens is 2. The minimum absolute atomic E-state index is 0.0391. The average Bonchev–Trinajstić information content (AvgIpc) is 2.62. The molecule has 174 valence electrons. The normalized spacial score (nSPS) is 16.1. The highest BCUT2D eigenvalue weighted by molar-refractivity contribution is 5.92. The average molecular weight is 458 g/mol. The minimum Gasteiger partial charge on any atom is -0.477 e. The van der Waals surface area contributed by atoms with Gasteiger partial charge in [-0.1, -0.05) is 0 Å². The van der Waals surface area contributed by atoms with Gasteiger partial charge in [-0.3, -0.25) is 9.59 Å². The predicted molar refractivity (Wildman–Crippen MR) is 107 cm³/mol. The van der Waals surface area contributed by atoms with Gasteiger partial charge in [0.15, 0.2) is 11.6 Å². The number of pyridine rings is 2. The number of anilines is 1. The zero-order chi connectivity index (χ0) is 24.4. The number of carbonyl (C=O) groups is 2. The lowest BCUT2D eigenvalue weighted by Gasteiger charge is -2.53. The number of hydrogen-bond acceptors (Lipinski definition) is 5. The summed E-state index contributed by atoms with van der Waals surface area (Å²) in [7, 11) is 1.03. The van der Waals surface area contributed by atoms with Crippen molar-refractivity contribution in [3.05, 3.63) is 33.9 Å². The van der Waals surface area contributed by atoms with Gasteiger partial charge in [-0.25, -0.2) is 14.2 Å². The van der Waals surface area contributed by atoms with Crippen molar-refractivity contribution in [3.63, 3.8) is 0 Å². The Morgan fingerprint density at radius 2 is 1.78 bits per heavy atom. The first-order valence-corrected chi connectivity index (χ1v) is 9.57. The number of carboxylic acids is 1. The van der Waals surface area contributed by atoms with Gasteiger partial charge in [-0.2, -0.15) is 13.2 Å².